The van der Waals surface area contributed by atoms with Crippen LogP contribution in [0.3, 0.4) is 0 Å². The van der Waals surface area contributed by atoms with Gasteiger partial charge in [-0.15, -0.1) is 0 Å². The summed E-state index contributed by atoms with van der Waals surface area (Å²) in [6.45, 7) is 5.62. The summed E-state index contributed by atoms with van der Waals surface area (Å²) in [6.07, 6.45) is 6.85. The zero-order valence-corrected chi connectivity index (χ0v) is 11.5. The van der Waals surface area contributed by atoms with Crippen molar-refractivity contribution in [3.8, 4) is 0 Å². The lowest BCUT2D eigenvalue weighted by molar-refractivity contribution is -0.138. The van der Waals surface area contributed by atoms with E-state index in [0.29, 0.717) is 5.91 Å². The second-order valence-electron chi connectivity index (χ2n) is 5.42. The minimum absolute atomic E-state index is 0.0590. The van der Waals surface area contributed by atoms with E-state index in [0.717, 1.165) is 51.9 Å². The van der Waals surface area contributed by atoms with Gasteiger partial charge in [-0.05, 0) is 38.6 Å². The maximum absolute atomic E-state index is 12.4. The van der Waals surface area contributed by atoms with Crippen molar-refractivity contribution in [2.24, 2.45) is 0 Å². The lowest BCUT2D eigenvalue weighted by atomic mass is 10.0. The summed E-state index contributed by atoms with van der Waals surface area (Å²) in [7, 11) is 0. The second kappa shape index (κ2) is 7.10. The van der Waals surface area contributed by atoms with Crippen molar-refractivity contribution in [2.45, 2.75) is 57.6 Å². The number of amides is 1. The summed E-state index contributed by atoms with van der Waals surface area (Å²) >= 11 is 0. The fraction of sp³-hybridized carbons (Fsp3) is 0.929. The van der Waals surface area contributed by atoms with Crippen LogP contribution in [0.25, 0.3) is 0 Å². The summed E-state index contributed by atoms with van der Waals surface area (Å²) in [6, 6.07) is 0.0590. The minimum Gasteiger partial charge on any atom is -0.376 e. The minimum atomic E-state index is 0.0590. The van der Waals surface area contributed by atoms with Gasteiger partial charge in [0.05, 0.1) is 12.1 Å². The fourth-order valence-electron chi connectivity index (χ4n) is 2.84. The van der Waals surface area contributed by atoms with E-state index in [1.165, 1.54) is 12.8 Å². The number of piperidine rings is 2. The maximum Gasteiger partial charge on any atom is 0.239 e. The van der Waals surface area contributed by atoms with Crippen molar-refractivity contribution >= 4 is 5.91 Å². The first-order valence-electron chi connectivity index (χ1n) is 7.45. The third-order valence-corrected chi connectivity index (χ3v) is 3.86. The lowest BCUT2D eigenvalue weighted by Crippen LogP contribution is -2.52. The van der Waals surface area contributed by atoms with Crippen LogP contribution in [0.2, 0.25) is 0 Å². The Morgan fingerprint density at radius 1 is 1.33 bits per heavy atom. The first kappa shape index (κ1) is 13.8. The Morgan fingerprint density at radius 2 is 2.22 bits per heavy atom. The van der Waals surface area contributed by atoms with E-state index in [-0.39, 0.29) is 12.1 Å². The van der Waals surface area contributed by atoms with Crippen molar-refractivity contribution in [2.75, 3.05) is 26.2 Å². The van der Waals surface area contributed by atoms with E-state index in [2.05, 4.69) is 12.2 Å². The van der Waals surface area contributed by atoms with Gasteiger partial charge in [-0.25, -0.2) is 0 Å². The number of nitrogens with one attached hydrogen (secondary N) is 1. The molecule has 0 saturated carbocycles. The molecule has 4 nitrogen and oxygen atoms in total. The molecule has 2 unspecified atom stereocenters. The Hall–Kier alpha value is -0.610. The number of carbonyl (C=O) groups excluding carboxylic acids is 1. The lowest BCUT2D eigenvalue weighted by Gasteiger charge is -2.36. The monoisotopic (exact) mass is 254 g/mol. The molecule has 2 fully saturated rings. The van der Waals surface area contributed by atoms with Gasteiger partial charge >= 0.3 is 0 Å². The van der Waals surface area contributed by atoms with Crippen LogP contribution >= 0.6 is 0 Å². The van der Waals surface area contributed by atoms with Crippen LogP contribution in [0.15, 0.2) is 0 Å². The Balaban J connectivity index is 1.81. The Bertz CT molecular complexity index is 265. The first-order chi connectivity index (χ1) is 8.81. The van der Waals surface area contributed by atoms with Gasteiger partial charge in [0.15, 0.2) is 0 Å². The molecule has 4 heteroatoms. The summed E-state index contributed by atoms with van der Waals surface area (Å²) in [5.74, 6) is 0.291. The van der Waals surface area contributed by atoms with Crippen LogP contribution in [0.4, 0.5) is 0 Å². The zero-order chi connectivity index (χ0) is 12.8. The Kier molecular flexibility index (Phi) is 5.45. The molecule has 2 aliphatic heterocycles. The standard InChI is InChI=1S/C14H26N2O2/c1-2-10-18-12-6-5-9-16(11-12)14(17)13-7-3-4-8-15-13/h12-13,15H,2-11H2,1H3. The van der Waals surface area contributed by atoms with Crippen LogP contribution in [0, 0.1) is 0 Å². The number of likely N-dealkylation sites (tertiary alicyclic amines) is 1. The van der Waals surface area contributed by atoms with Gasteiger partial charge in [-0.1, -0.05) is 13.3 Å². The van der Waals surface area contributed by atoms with E-state index in [1.54, 1.807) is 0 Å². The van der Waals surface area contributed by atoms with Crippen molar-refractivity contribution < 1.29 is 9.53 Å². The molecule has 0 bridgehead atoms. The van der Waals surface area contributed by atoms with Crippen LogP contribution < -0.4 is 5.32 Å². The third-order valence-electron chi connectivity index (χ3n) is 3.86. The van der Waals surface area contributed by atoms with Gasteiger partial charge in [0, 0.05) is 19.7 Å². The maximum atomic E-state index is 12.4. The van der Waals surface area contributed by atoms with Crippen LogP contribution in [0.1, 0.15) is 45.4 Å². The SMILES string of the molecule is CCCOC1CCCN(C(=O)C2CCCCN2)C1. The largest absolute Gasteiger partial charge is 0.376 e. The van der Waals surface area contributed by atoms with Gasteiger partial charge in [0.25, 0.3) is 0 Å². The van der Waals surface area contributed by atoms with Gasteiger partial charge in [0.1, 0.15) is 0 Å². The highest BCUT2D eigenvalue weighted by atomic mass is 16.5. The predicted octanol–water partition coefficient (Wildman–Crippen LogP) is 1.55. The Labute approximate surface area is 110 Å². The second-order valence-corrected chi connectivity index (χ2v) is 5.42. The molecule has 104 valence electrons. The summed E-state index contributed by atoms with van der Waals surface area (Å²) in [5, 5.41) is 3.34. The van der Waals surface area contributed by atoms with E-state index >= 15 is 0 Å². The normalized spacial score (nSPS) is 29.3. The van der Waals surface area contributed by atoms with Gasteiger partial charge in [0.2, 0.25) is 5.91 Å². The van der Waals surface area contributed by atoms with Gasteiger partial charge in [-0.2, -0.15) is 0 Å². The van der Waals surface area contributed by atoms with E-state index in [4.69, 9.17) is 4.74 Å². The number of nitrogens with zero attached hydrogens (tertiary/aromatic N) is 1. The molecule has 2 rings (SSSR count). The molecule has 0 spiro atoms. The molecule has 0 aromatic heterocycles. The molecule has 18 heavy (non-hydrogen) atoms. The average Bonchev–Trinajstić information content (AvgIpc) is 2.45. The van der Waals surface area contributed by atoms with Crippen LogP contribution in [-0.2, 0) is 9.53 Å². The van der Waals surface area contributed by atoms with E-state index < -0.39 is 0 Å². The van der Waals surface area contributed by atoms with Crippen molar-refractivity contribution in [1.29, 1.82) is 0 Å². The number of hydrogen-bond acceptors (Lipinski definition) is 3. The summed E-state index contributed by atoms with van der Waals surface area (Å²) in [4.78, 5) is 14.4. The highest BCUT2D eigenvalue weighted by Crippen LogP contribution is 2.17. The summed E-state index contributed by atoms with van der Waals surface area (Å²) in [5.41, 5.74) is 0. The number of carbonyl (C=O) groups is 1. The Morgan fingerprint density at radius 3 is 2.94 bits per heavy atom. The zero-order valence-electron chi connectivity index (χ0n) is 11.5. The topological polar surface area (TPSA) is 41.6 Å². The van der Waals surface area contributed by atoms with E-state index in [9.17, 15) is 4.79 Å². The average molecular weight is 254 g/mol. The molecule has 0 aromatic rings. The molecule has 0 radical (unpaired) electrons. The van der Waals surface area contributed by atoms with Crippen molar-refractivity contribution in [3.63, 3.8) is 0 Å². The molecule has 2 atom stereocenters. The molecule has 2 aliphatic rings. The van der Waals surface area contributed by atoms with Crippen molar-refractivity contribution in [1.82, 2.24) is 10.2 Å². The van der Waals surface area contributed by atoms with Gasteiger partial charge in [-0.3, -0.25) is 4.79 Å². The van der Waals surface area contributed by atoms with Crippen molar-refractivity contribution in [3.05, 3.63) is 0 Å². The summed E-state index contributed by atoms with van der Waals surface area (Å²) < 4.78 is 5.79. The molecule has 0 aromatic carbocycles. The van der Waals surface area contributed by atoms with Crippen LogP contribution in [0.5, 0.6) is 0 Å². The predicted molar refractivity (Wildman–Crippen MR) is 71.5 cm³/mol. The highest BCUT2D eigenvalue weighted by molar-refractivity contribution is 5.82. The smallest absolute Gasteiger partial charge is 0.239 e. The first-order valence-corrected chi connectivity index (χ1v) is 7.45. The third kappa shape index (κ3) is 3.69. The van der Waals surface area contributed by atoms with Gasteiger partial charge < -0.3 is 15.0 Å². The number of rotatable bonds is 4. The quantitative estimate of drug-likeness (QED) is 0.827. The molecule has 2 heterocycles. The molecule has 1 amide bonds. The van der Waals surface area contributed by atoms with Crippen LogP contribution in [-0.4, -0.2) is 49.2 Å². The highest BCUT2D eigenvalue weighted by Gasteiger charge is 2.29. The molecular weight excluding hydrogens is 228 g/mol. The fourth-order valence-corrected chi connectivity index (χ4v) is 2.84. The molecule has 2 saturated heterocycles. The molecule has 1 N–H and O–H groups in total. The van der Waals surface area contributed by atoms with E-state index in [1.807, 2.05) is 4.90 Å². The number of ether oxygens (including phenoxy) is 1. The number of hydrogen-bond donors (Lipinski definition) is 1. The molecule has 0 aliphatic carbocycles. The molecular formula is C14H26N2O2.